The monoisotopic (exact) mass is 270 g/mol. The van der Waals surface area contributed by atoms with E-state index in [1.807, 2.05) is 23.6 Å². The molecule has 0 bridgehead atoms. The molecule has 0 aliphatic carbocycles. The summed E-state index contributed by atoms with van der Waals surface area (Å²) in [6.07, 6.45) is 4.86. The third kappa shape index (κ3) is 2.63. The molecule has 0 saturated carbocycles. The molecule has 0 spiro atoms. The van der Waals surface area contributed by atoms with E-state index in [1.54, 1.807) is 6.07 Å². The van der Waals surface area contributed by atoms with Crippen molar-refractivity contribution in [2.24, 2.45) is 0 Å². The topological polar surface area (TPSA) is 34.0 Å². The molecule has 1 unspecified atom stereocenters. The molecule has 1 aliphatic heterocycles. The first-order valence-corrected chi connectivity index (χ1v) is 7.58. The summed E-state index contributed by atoms with van der Waals surface area (Å²) in [5.74, 6) is 0. The van der Waals surface area contributed by atoms with Crippen LogP contribution in [0.25, 0.3) is 10.9 Å². The number of hydrogen-bond donors (Lipinski definition) is 1. The van der Waals surface area contributed by atoms with Crippen molar-refractivity contribution in [3.05, 3.63) is 46.2 Å². The lowest BCUT2D eigenvalue weighted by atomic mass is 10.0. The molecule has 1 atom stereocenters. The van der Waals surface area contributed by atoms with Crippen LogP contribution in [0.5, 0.6) is 0 Å². The van der Waals surface area contributed by atoms with Gasteiger partial charge in [0.15, 0.2) is 0 Å². The highest BCUT2D eigenvalue weighted by Crippen LogP contribution is 2.17. The van der Waals surface area contributed by atoms with Crippen LogP contribution < -0.4 is 10.9 Å². The Hall–Kier alpha value is -1.61. The van der Waals surface area contributed by atoms with Crippen LogP contribution in [0.4, 0.5) is 0 Å². The molecule has 20 heavy (non-hydrogen) atoms. The Bertz CT molecular complexity index is 654. The van der Waals surface area contributed by atoms with Crippen molar-refractivity contribution in [1.29, 1.82) is 0 Å². The molecule has 1 aromatic heterocycles. The van der Waals surface area contributed by atoms with Crippen LogP contribution in [-0.2, 0) is 6.54 Å². The standard InChI is InChI=1S/C17H22N2O/c1-13-12-17(20)19(16-8-3-2-7-15(13)16)11-9-14-6-4-5-10-18-14/h2-3,7-8,12,14,18H,4-6,9-11H2,1H3. The van der Waals surface area contributed by atoms with Gasteiger partial charge in [0.1, 0.15) is 0 Å². The number of aryl methyl sites for hydroxylation is 2. The van der Waals surface area contributed by atoms with Crippen LogP contribution in [0.3, 0.4) is 0 Å². The van der Waals surface area contributed by atoms with Crippen LogP contribution >= 0.6 is 0 Å². The molecule has 0 radical (unpaired) electrons. The Kier molecular flexibility index (Phi) is 3.88. The molecule has 1 N–H and O–H groups in total. The number of rotatable bonds is 3. The number of nitrogens with zero attached hydrogens (tertiary/aromatic N) is 1. The summed E-state index contributed by atoms with van der Waals surface area (Å²) in [4.78, 5) is 12.3. The molecule has 1 saturated heterocycles. The average molecular weight is 270 g/mol. The number of aromatic nitrogens is 1. The maximum absolute atomic E-state index is 12.3. The lowest BCUT2D eigenvalue weighted by Gasteiger charge is -2.24. The SMILES string of the molecule is Cc1cc(=O)n(CCC2CCCCN2)c2ccccc12. The van der Waals surface area contributed by atoms with Gasteiger partial charge in [0, 0.05) is 24.0 Å². The summed E-state index contributed by atoms with van der Waals surface area (Å²) in [6, 6.07) is 10.5. The molecule has 1 fully saturated rings. The summed E-state index contributed by atoms with van der Waals surface area (Å²) in [5.41, 5.74) is 2.25. The van der Waals surface area contributed by atoms with Crippen LogP contribution in [0, 0.1) is 6.92 Å². The third-order valence-electron chi connectivity index (χ3n) is 4.34. The Morgan fingerprint density at radius 2 is 2.15 bits per heavy atom. The molecule has 106 valence electrons. The van der Waals surface area contributed by atoms with E-state index in [0.717, 1.165) is 30.6 Å². The third-order valence-corrected chi connectivity index (χ3v) is 4.34. The normalized spacial score (nSPS) is 19.4. The molecule has 1 aromatic carbocycles. The van der Waals surface area contributed by atoms with E-state index in [0.29, 0.717) is 6.04 Å². The summed E-state index contributed by atoms with van der Waals surface area (Å²) in [7, 11) is 0. The van der Waals surface area contributed by atoms with E-state index in [9.17, 15) is 4.79 Å². The average Bonchev–Trinajstić information content (AvgIpc) is 2.48. The van der Waals surface area contributed by atoms with E-state index in [1.165, 1.54) is 24.6 Å². The largest absolute Gasteiger partial charge is 0.314 e. The smallest absolute Gasteiger partial charge is 0.251 e. The zero-order valence-corrected chi connectivity index (χ0v) is 12.1. The predicted octanol–water partition coefficient (Wildman–Crippen LogP) is 2.84. The minimum absolute atomic E-state index is 0.122. The zero-order chi connectivity index (χ0) is 13.9. The number of nitrogens with one attached hydrogen (secondary N) is 1. The van der Waals surface area contributed by atoms with E-state index in [4.69, 9.17) is 0 Å². The van der Waals surface area contributed by atoms with Crippen LogP contribution in [-0.4, -0.2) is 17.2 Å². The van der Waals surface area contributed by atoms with Crippen LogP contribution in [0.15, 0.2) is 35.1 Å². The number of piperidine rings is 1. The summed E-state index contributed by atoms with van der Waals surface area (Å²) >= 11 is 0. The molecule has 0 amide bonds. The second kappa shape index (κ2) is 5.80. The molecule has 2 aromatic rings. The van der Waals surface area contributed by atoms with Crippen LogP contribution in [0.2, 0.25) is 0 Å². The fourth-order valence-corrected chi connectivity index (χ4v) is 3.19. The number of pyridine rings is 1. The first-order chi connectivity index (χ1) is 9.75. The molecule has 1 aliphatic rings. The minimum atomic E-state index is 0.122. The van der Waals surface area contributed by atoms with Crippen molar-refractivity contribution in [3.8, 4) is 0 Å². The Balaban J connectivity index is 1.88. The lowest BCUT2D eigenvalue weighted by Crippen LogP contribution is -2.35. The van der Waals surface area contributed by atoms with Gasteiger partial charge in [0.25, 0.3) is 5.56 Å². The summed E-state index contributed by atoms with van der Waals surface area (Å²) in [6.45, 7) is 3.93. The predicted molar refractivity (Wildman–Crippen MR) is 83.2 cm³/mol. The maximum Gasteiger partial charge on any atom is 0.251 e. The molecular weight excluding hydrogens is 248 g/mol. The summed E-state index contributed by atoms with van der Waals surface area (Å²) < 4.78 is 1.93. The highest BCUT2D eigenvalue weighted by molar-refractivity contribution is 5.82. The van der Waals surface area contributed by atoms with Gasteiger partial charge < -0.3 is 9.88 Å². The van der Waals surface area contributed by atoms with Gasteiger partial charge in [-0.05, 0) is 44.4 Å². The summed E-state index contributed by atoms with van der Waals surface area (Å²) in [5, 5.41) is 4.74. The van der Waals surface area contributed by atoms with Gasteiger partial charge in [-0.15, -0.1) is 0 Å². The minimum Gasteiger partial charge on any atom is -0.314 e. The van der Waals surface area contributed by atoms with Crippen molar-refractivity contribution >= 4 is 10.9 Å². The van der Waals surface area contributed by atoms with Gasteiger partial charge in [-0.25, -0.2) is 0 Å². The molecule has 3 nitrogen and oxygen atoms in total. The lowest BCUT2D eigenvalue weighted by molar-refractivity contribution is 0.367. The van der Waals surface area contributed by atoms with Crippen molar-refractivity contribution < 1.29 is 0 Å². The highest BCUT2D eigenvalue weighted by atomic mass is 16.1. The van der Waals surface area contributed by atoms with E-state index in [-0.39, 0.29) is 5.56 Å². The van der Waals surface area contributed by atoms with Crippen molar-refractivity contribution in [1.82, 2.24) is 9.88 Å². The quantitative estimate of drug-likeness (QED) is 0.930. The van der Waals surface area contributed by atoms with E-state index >= 15 is 0 Å². The van der Waals surface area contributed by atoms with Crippen molar-refractivity contribution in [2.75, 3.05) is 6.54 Å². The first kappa shape index (κ1) is 13.4. The Labute approximate surface area is 119 Å². The van der Waals surface area contributed by atoms with Crippen LogP contribution in [0.1, 0.15) is 31.2 Å². The van der Waals surface area contributed by atoms with Gasteiger partial charge in [0.2, 0.25) is 0 Å². The second-order valence-corrected chi connectivity index (χ2v) is 5.77. The van der Waals surface area contributed by atoms with Crippen molar-refractivity contribution in [3.63, 3.8) is 0 Å². The van der Waals surface area contributed by atoms with E-state index in [2.05, 4.69) is 17.4 Å². The highest BCUT2D eigenvalue weighted by Gasteiger charge is 2.13. The van der Waals surface area contributed by atoms with Crippen molar-refractivity contribution in [2.45, 2.75) is 45.2 Å². The fraction of sp³-hybridized carbons (Fsp3) is 0.471. The molecular formula is C17H22N2O. The zero-order valence-electron chi connectivity index (χ0n) is 12.1. The van der Waals surface area contributed by atoms with E-state index < -0.39 is 0 Å². The Morgan fingerprint density at radius 1 is 1.30 bits per heavy atom. The van der Waals surface area contributed by atoms with Gasteiger partial charge in [0.05, 0.1) is 5.52 Å². The van der Waals surface area contributed by atoms with Gasteiger partial charge in [-0.1, -0.05) is 24.6 Å². The number of fused-ring (bicyclic) bond motifs is 1. The van der Waals surface area contributed by atoms with Gasteiger partial charge in [-0.2, -0.15) is 0 Å². The van der Waals surface area contributed by atoms with Gasteiger partial charge in [-0.3, -0.25) is 4.79 Å². The molecule has 3 rings (SSSR count). The molecule has 3 heteroatoms. The number of para-hydroxylation sites is 1. The second-order valence-electron chi connectivity index (χ2n) is 5.77. The molecule has 2 heterocycles. The number of benzene rings is 1. The Morgan fingerprint density at radius 3 is 2.95 bits per heavy atom. The maximum atomic E-state index is 12.3. The van der Waals surface area contributed by atoms with Gasteiger partial charge >= 0.3 is 0 Å². The fourth-order valence-electron chi connectivity index (χ4n) is 3.19. The number of hydrogen-bond acceptors (Lipinski definition) is 2. The first-order valence-electron chi connectivity index (χ1n) is 7.58.